The zero-order valence-electron chi connectivity index (χ0n) is 7.00. The number of rotatable bonds is 1. The predicted octanol–water partition coefficient (Wildman–Crippen LogP) is 1.16. The fourth-order valence-corrected chi connectivity index (χ4v) is 1.20. The summed E-state index contributed by atoms with van der Waals surface area (Å²) in [4.78, 5) is 10.7. The minimum absolute atomic E-state index is 0.246. The molecule has 0 unspecified atom stereocenters. The van der Waals surface area contributed by atoms with Crippen LogP contribution < -0.4 is 5.43 Å². The molecule has 0 spiro atoms. The van der Waals surface area contributed by atoms with Gasteiger partial charge in [0.15, 0.2) is 0 Å². The van der Waals surface area contributed by atoms with Crippen molar-refractivity contribution in [2.24, 2.45) is 5.10 Å². The summed E-state index contributed by atoms with van der Waals surface area (Å²) in [7, 11) is 0. The van der Waals surface area contributed by atoms with Gasteiger partial charge in [-0.3, -0.25) is 4.79 Å². The van der Waals surface area contributed by atoms with Crippen LogP contribution in [0.3, 0.4) is 0 Å². The van der Waals surface area contributed by atoms with E-state index in [1.54, 1.807) is 23.6 Å². The van der Waals surface area contributed by atoms with Crippen molar-refractivity contribution in [2.45, 2.75) is 5.92 Å². The van der Waals surface area contributed by atoms with E-state index in [2.05, 4.69) is 5.10 Å². The summed E-state index contributed by atoms with van der Waals surface area (Å²) in [5.41, 5.74) is 1.48. The van der Waals surface area contributed by atoms with Crippen molar-refractivity contribution in [1.29, 1.82) is 0 Å². The van der Waals surface area contributed by atoms with Gasteiger partial charge in [-0.1, -0.05) is 30.3 Å². The summed E-state index contributed by atoms with van der Waals surface area (Å²) in [6.07, 6.45) is 0. The Hall–Kier alpha value is -1.78. The summed E-state index contributed by atoms with van der Waals surface area (Å²) in [6.45, 7) is 0. The van der Waals surface area contributed by atoms with Crippen molar-refractivity contribution in [3.63, 3.8) is 0 Å². The lowest BCUT2D eigenvalue weighted by Gasteiger charge is -2.07. The lowest BCUT2D eigenvalue weighted by Crippen LogP contribution is -2.36. The zero-order valence-corrected chi connectivity index (χ0v) is 7.00. The molecule has 0 aliphatic carbocycles. The molecule has 0 saturated heterocycles. The smallest absolute Gasteiger partial charge is 0.266 e. The largest absolute Gasteiger partial charge is 0.370 e. The highest BCUT2D eigenvalue weighted by Crippen LogP contribution is 2.24. The van der Waals surface area contributed by atoms with Crippen molar-refractivity contribution in [2.75, 3.05) is 0 Å². The molecule has 3 nitrogen and oxygen atoms in total. The van der Waals surface area contributed by atoms with Crippen LogP contribution in [0.25, 0.3) is 0 Å². The van der Waals surface area contributed by atoms with E-state index in [0.717, 1.165) is 0 Å². The summed E-state index contributed by atoms with van der Waals surface area (Å²) in [5, 5.41) is 3.31. The maximum Gasteiger partial charge on any atom is 0.370 e. The molecule has 14 heavy (non-hydrogen) atoms. The molecule has 5 heteroatoms. The van der Waals surface area contributed by atoms with Gasteiger partial charge in [-0.25, -0.2) is 5.43 Å². The molecule has 2 rings (SSSR count). The normalized spacial score (nSPS) is 19.0. The van der Waals surface area contributed by atoms with Gasteiger partial charge in [-0.2, -0.15) is 13.9 Å². The van der Waals surface area contributed by atoms with Crippen molar-refractivity contribution >= 4 is 11.6 Å². The summed E-state index contributed by atoms with van der Waals surface area (Å²) in [6, 6.07) is 7.87. The number of hydrogen-bond donors (Lipinski definition) is 1. The van der Waals surface area contributed by atoms with E-state index in [-0.39, 0.29) is 5.56 Å². The van der Waals surface area contributed by atoms with Crippen LogP contribution >= 0.6 is 0 Å². The maximum atomic E-state index is 13.1. The Morgan fingerprint density at radius 1 is 1.21 bits per heavy atom. The number of amides is 1. The van der Waals surface area contributed by atoms with Gasteiger partial charge in [0.05, 0.1) is 0 Å². The van der Waals surface area contributed by atoms with Crippen LogP contribution in [0, 0.1) is 0 Å². The van der Waals surface area contributed by atoms with E-state index >= 15 is 0 Å². The Balaban J connectivity index is 2.43. The fraction of sp³-hybridized carbons (Fsp3) is 0.111. The first-order valence-corrected chi connectivity index (χ1v) is 3.94. The predicted molar refractivity (Wildman–Crippen MR) is 46.1 cm³/mol. The maximum absolute atomic E-state index is 13.1. The van der Waals surface area contributed by atoms with Gasteiger partial charge in [0.25, 0.3) is 0 Å². The van der Waals surface area contributed by atoms with Crippen LogP contribution in [0.5, 0.6) is 0 Å². The molecular formula is C9H6F2N2O. The number of hydrazone groups is 1. The minimum atomic E-state index is -3.53. The highest BCUT2D eigenvalue weighted by Gasteiger charge is 2.49. The molecule has 0 radical (unpaired) electrons. The lowest BCUT2D eigenvalue weighted by molar-refractivity contribution is -0.135. The Kier molecular flexibility index (Phi) is 1.80. The first-order valence-electron chi connectivity index (χ1n) is 3.94. The Morgan fingerprint density at radius 3 is 2.36 bits per heavy atom. The number of hydrogen-bond acceptors (Lipinski definition) is 2. The topological polar surface area (TPSA) is 41.5 Å². The molecule has 1 aliphatic heterocycles. The molecule has 1 heterocycles. The van der Waals surface area contributed by atoms with Gasteiger partial charge < -0.3 is 0 Å². The molecule has 0 saturated carbocycles. The van der Waals surface area contributed by atoms with Crippen LogP contribution in [-0.4, -0.2) is 17.5 Å². The number of carbonyl (C=O) groups is 1. The van der Waals surface area contributed by atoms with Crippen molar-refractivity contribution < 1.29 is 13.6 Å². The third kappa shape index (κ3) is 1.17. The average molecular weight is 196 g/mol. The highest BCUT2D eigenvalue weighted by atomic mass is 19.3. The summed E-state index contributed by atoms with van der Waals surface area (Å²) < 4.78 is 26.3. The van der Waals surface area contributed by atoms with Crippen LogP contribution in [-0.2, 0) is 4.79 Å². The van der Waals surface area contributed by atoms with Crippen LogP contribution in [0.1, 0.15) is 5.56 Å². The van der Waals surface area contributed by atoms with E-state index in [1.165, 1.54) is 12.1 Å². The van der Waals surface area contributed by atoms with E-state index in [4.69, 9.17) is 0 Å². The van der Waals surface area contributed by atoms with E-state index in [1.807, 2.05) is 0 Å². The molecule has 1 aliphatic rings. The molecule has 1 amide bonds. The van der Waals surface area contributed by atoms with E-state index < -0.39 is 17.5 Å². The van der Waals surface area contributed by atoms with Crippen molar-refractivity contribution in [3.8, 4) is 0 Å². The third-order valence-corrected chi connectivity index (χ3v) is 1.90. The number of alkyl halides is 2. The molecular weight excluding hydrogens is 190 g/mol. The van der Waals surface area contributed by atoms with E-state index in [9.17, 15) is 13.6 Å². The number of benzene rings is 1. The highest BCUT2D eigenvalue weighted by molar-refractivity contribution is 6.21. The summed E-state index contributed by atoms with van der Waals surface area (Å²) in [5.74, 6) is -4.90. The quantitative estimate of drug-likeness (QED) is 0.719. The number of halogens is 2. The van der Waals surface area contributed by atoms with Gasteiger partial charge in [-0.05, 0) is 0 Å². The Morgan fingerprint density at radius 2 is 1.86 bits per heavy atom. The standard InChI is InChI=1S/C9H6F2N2O/c10-9(11)7(12-13-8(9)14)6-4-2-1-3-5-6/h1-5H,(H,13,14). The minimum Gasteiger partial charge on any atom is -0.266 e. The fourth-order valence-electron chi connectivity index (χ4n) is 1.20. The second kappa shape index (κ2) is 2.87. The molecule has 1 aromatic carbocycles. The number of carbonyl (C=O) groups excluding carboxylic acids is 1. The second-order valence-electron chi connectivity index (χ2n) is 2.84. The lowest BCUT2D eigenvalue weighted by atomic mass is 10.1. The molecule has 1 aromatic rings. The van der Waals surface area contributed by atoms with Gasteiger partial charge in [0, 0.05) is 5.56 Å². The van der Waals surface area contributed by atoms with Crippen molar-refractivity contribution in [3.05, 3.63) is 35.9 Å². The van der Waals surface area contributed by atoms with Gasteiger partial charge in [-0.15, -0.1) is 0 Å². The van der Waals surface area contributed by atoms with Gasteiger partial charge >= 0.3 is 11.8 Å². The third-order valence-electron chi connectivity index (χ3n) is 1.90. The zero-order chi connectivity index (χ0) is 10.2. The Labute approximate surface area is 78.4 Å². The second-order valence-corrected chi connectivity index (χ2v) is 2.84. The number of nitrogens with one attached hydrogen (secondary N) is 1. The van der Waals surface area contributed by atoms with Gasteiger partial charge in [0.1, 0.15) is 5.71 Å². The molecule has 0 atom stereocenters. The molecule has 0 bridgehead atoms. The Bertz CT molecular complexity index is 401. The van der Waals surface area contributed by atoms with Gasteiger partial charge in [0.2, 0.25) is 0 Å². The monoisotopic (exact) mass is 196 g/mol. The van der Waals surface area contributed by atoms with Crippen LogP contribution in [0.2, 0.25) is 0 Å². The molecule has 0 fully saturated rings. The average Bonchev–Trinajstić information content (AvgIpc) is 2.44. The van der Waals surface area contributed by atoms with Crippen LogP contribution in [0.15, 0.2) is 35.4 Å². The number of nitrogens with zero attached hydrogens (tertiary/aromatic N) is 1. The van der Waals surface area contributed by atoms with Crippen molar-refractivity contribution in [1.82, 2.24) is 5.43 Å². The molecule has 72 valence electrons. The SMILES string of the molecule is O=C1NN=C(c2ccccc2)C1(F)F. The molecule has 0 aromatic heterocycles. The molecule has 1 N–H and O–H groups in total. The summed E-state index contributed by atoms with van der Waals surface area (Å²) >= 11 is 0. The first-order chi connectivity index (χ1) is 6.62. The van der Waals surface area contributed by atoms with E-state index in [0.29, 0.717) is 0 Å². The first kappa shape index (κ1) is 8.80. The van der Waals surface area contributed by atoms with Crippen LogP contribution in [0.4, 0.5) is 8.78 Å².